The smallest absolute Gasteiger partial charge is 0.262 e. The first-order valence-corrected chi connectivity index (χ1v) is 11.7. The van der Waals surface area contributed by atoms with Gasteiger partial charge in [0.25, 0.3) is 5.91 Å². The molecule has 1 heterocycles. The van der Waals surface area contributed by atoms with E-state index in [0.717, 1.165) is 33.3 Å². The Bertz CT molecular complexity index is 1440. The number of imidazole rings is 1. The Morgan fingerprint density at radius 1 is 1.03 bits per heavy atom. The molecule has 0 saturated heterocycles. The number of aryl methyl sites for hydroxylation is 3. The van der Waals surface area contributed by atoms with E-state index in [2.05, 4.69) is 21.4 Å². The first kappa shape index (κ1) is 24.6. The second kappa shape index (κ2) is 10.8. The van der Waals surface area contributed by atoms with Gasteiger partial charge in [0.1, 0.15) is 11.9 Å². The molecule has 0 radical (unpaired) electrons. The van der Waals surface area contributed by atoms with E-state index in [-0.39, 0.29) is 12.5 Å². The molecule has 36 heavy (non-hydrogen) atoms. The van der Waals surface area contributed by atoms with Crippen LogP contribution in [0.5, 0.6) is 11.5 Å². The summed E-state index contributed by atoms with van der Waals surface area (Å²) in [7, 11) is 0. The van der Waals surface area contributed by atoms with E-state index in [4.69, 9.17) is 9.47 Å². The summed E-state index contributed by atoms with van der Waals surface area (Å²) < 4.78 is 11.5. The van der Waals surface area contributed by atoms with Gasteiger partial charge in [0.15, 0.2) is 18.1 Å². The lowest BCUT2D eigenvalue weighted by Crippen LogP contribution is -2.20. The van der Waals surface area contributed by atoms with E-state index in [9.17, 15) is 10.1 Å². The maximum Gasteiger partial charge on any atom is 0.262 e. The van der Waals surface area contributed by atoms with Crippen LogP contribution in [0, 0.1) is 32.1 Å². The molecule has 2 N–H and O–H groups in total. The molecule has 0 aliphatic rings. The molecule has 1 amide bonds. The summed E-state index contributed by atoms with van der Waals surface area (Å²) >= 11 is 0. The summed E-state index contributed by atoms with van der Waals surface area (Å²) in [4.78, 5) is 20.2. The molecule has 3 aromatic carbocycles. The number of rotatable bonds is 8. The van der Waals surface area contributed by atoms with Crippen molar-refractivity contribution < 1.29 is 14.3 Å². The van der Waals surface area contributed by atoms with Crippen LogP contribution in [0.1, 0.15) is 35.0 Å². The van der Waals surface area contributed by atoms with Crippen molar-refractivity contribution in [2.45, 2.75) is 27.7 Å². The van der Waals surface area contributed by atoms with Crippen LogP contribution in [-0.2, 0) is 4.79 Å². The Kier molecular flexibility index (Phi) is 7.36. The number of allylic oxidation sites excluding steroid dienone is 1. The molecular weight excluding hydrogens is 452 g/mol. The lowest BCUT2D eigenvalue weighted by Gasteiger charge is -2.13. The number of hydrogen-bond acceptors (Lipinski definition) is 5. The van der Waals surface area contributed by atoms with Gasteiger partial charge in [-0.25, -0.2) is 4.98 Å². The minimum atomic E-state index is -0.271. The van der Waals surface area contributed by atoms with Crippen molar-refractivity contribution in [1.29, 1.82) is 5.26 Å². The van der Waals surface area contributed by atoms with E-state index < -0.39 is 0 Å². The van der Waals surface area contributed by atoms with E-state index in [1.807, 2.05) is 70.2 Å². The van der Waals surface area contributed by atoms with Crippen molar-refractivity contribution in [1.82, 2.24) is 9.97 Å². The number of H-pyrrole nitrogens is 1. The number of carbonyl (C=O) groups is 1. The van der Waals surface area contributed by atoms with Gasteiger partial charge in [-0.05, 0) is 86.9 Å². The zero-order valence-electron chi connectivity index (χ0n) is 20.8. The van der Waals surface area contributed by atoms with E-state index in [1.165, 1.54) is 0 Å². The van der Waals surface area contributed by atoms with Crippen molar-refractivity contribution >= 4 is 34.3 Å². The lowest BCUT2D eigenvalue weighted by molar-refractivity contribution is -0.118. The molecule has 0 spiro atoms. The summed E-state index contributed by atoms with van der Waals surface area (Å²) in [5, 5.41) is 12.6. The van der Waals surface area contributed by atoms with Crippen LogP contribution in [0.4, 0.5) is 5.69 Å². The molecule has 4 rings (SSSR count). The third-order valence-corrected chi connectivity index (χ3v) is 5.75. The summed E-state index contributed by atoms with van der Waals surface area (Å²) in [6.07, 6.45) is 1.74. The quantitative estimate of drug-likeness (QED) is 0.303. The number of nitrogens with one attached hydrogen (secondary N) is 2. The van der Waals surface area contributed by atoms with Crippen LogP contribution in [0.3, 0.4) is 0 Å². The largest absolute Gasteiger partial charge is 0.490 e. The molecule has 0 atom stereocenters. The highest BCUT2D eigenvalue weighted by Crippen LogP contribution is 2.30. The van der Waals surface area contributed by atoms with Gasteiger partial charge in [0, 0.05) is 5.69 Å². The molecule has 0 aliphatic carbocycles. The first-order chi connectivity index (χ1) is 17.4. The molecule has 182 valence electrons. The molecule has 0 unspecified atom stereocenters. The van der Waals surface area contributed by atoms with Gasteiger partial charge in [-0.15, -0.1) is 0 Å². The number of carbonyl (C=O) groups excluding carboxylic acids is 1. The molecule has 0 bridgehead atoms. The molecule has 0 aliphatic heterocycles. The van der Waals surface area contributed by atoms with Crippen LogP contribution in [0.2, 0.25) is 0 Å². The predicted molar refractivity (Wildman–Crippen MR) is 142 cm³/mol. The molecular formula is C29H28N4O3. The summed E-state index contributed by atoms with van der Waals surface area (Å²) in [6, 6.07) is 19.1. The summed E-state index contributed by atoms with van der Waals surface area (Å²) in [6.45, 7) is 8.20. The molecule has 1 aromatic heterocycles. The van der Waals surface area contributed by atoms with Gasteiger partial charge in [0.2, 0.25) is 0 Å². The number of aromatic nitrogens is 2. The van der Waals surface area contributed by atoms with Crippen molar-refractivity contribution in [3.05, 3.63) is 82.7 Å². The van der Waals surface area contributed by atoms with Crippen molar-refractivity contribution in [2.24, 2.45) is 0 Å². The Hall–Kier alpha value is -4.57. The van der Waals surface area contributed by atoms with Gasteiger partial charge in [-0.1, -0.05) is 23.8 Å². The maximum absolute atomic E-state index is 12.3. The average molecular weight is 481 g/mol. The standard InChI is InChI=1S/C29H28N4O3/c1-5-35-27-15-21(8-11-26(27)36-17-28(34)31-23-9-6-18(2)7-10-23)14-22(16-30)29-32-24-12-19(3)20(4)13-25(24)33-29/h6-15H,5,17H2,1-4H3,(H,31,34)(H,32,33)/b22-14-. The minimum Gasteiger partial charge on any atom is -0.490 e. The molecule has 0 fully saturated rings. The molecule has 0 saturated carbocycles. The number of nitriles is 1. The number of nitrogens with zero attached hydrogens (tertiary/aromatic N) is 2. The minimum absolute atomic E-state index is 0.162. The van der Waals surface area contributed by atoms with E-state index >= 15 is 0 Å². The number of benzene rings is 3. The zero-order valence-corrected chi connectivity index (χ0v) is 20.8. The number of ether oxygens (including phenoxy) is 2. The SMILES string of the molecule is CCOc1cc(/C=C(/C#N)c2nc3cc(C)c(C)cc3[nH]2)ccc1OCC(=O)Nc1ccc(C)cc1. The fourth-order valence-corrected chi connectivity index (χ4v) is 3.70. The van der Waals surface area contributed by atoms with Crippen LogP contribution in [0.15, 0.2) is 54.6 Å². The summed E-state index contributed by atoms with van der Waals surface area (Å²) in [5.41, 5.74) is 6.98. The normalized spacial score (nSPS) is 11.2. The van der Waals surface area contributed by atoms with Crippen LogP contribution < -0.4 is 14.8 Å². The monoisotopic (exact) mass is 480 g/mol. The lowest BCUT2D eigenvalue weighted by atomic mass is 10.1. The molecule has 7 heteroatoms. The molecule has 7 nitrogen and oxygen atoms in total. The van der Waals surface area contributed by atoms with Gasteiger partial charge in [-0.3, -0.25) is 4.79 Å². The number of hydrogen-bond donors (Lipinski definition) is 2. The van der Waals surface area contributed by atoms with Gasteiger partial charge in [0.05, 0.1) is 23.2 Å². The zero-order chi connectivity index (χ0) is 25.7. The number of fused-ring (bicyclic) bond motifs is 1. The number of amides is 1. The van der Waals surface area contributed by atoms with Gasteiger partial charge >= 0.3 is 0 Å². The fourth-order valence-electron chi connectivity index (χ4n) is 3.70. The Balaban J connectivity index is 1.52. The van der Waals surface area contributed by atoms with E-state index in [1.54, 1.807) is 18.2 Å². The summed E-state index contributed by atoms with van der Waals surface area (Å²) in [5.74, 6) is 1.17. The third-order valence-electron chi connectivity index (χ3n) is 5.75. The van der Waals surface area contributed by atoms with Crippen LogP contribution in [-0.4, -0.2) is 29.1 Å². The topological polar surface area (TPSA) is 100 Å². The Labute approximate surface area is 210 Å². The van der Waals surface area contributed by atoms with Crippen molar-refractivity contribution in [2.75, 3.05) is 18.5 Å². The highest BCUT2D eigenvalue weighted by molar-refractivity contribution is 5.92. The maximum atomic E-state index is 12.3. The predicted octanol–water partition coefficient (Wildman–Crippen LogP) is 5.97. The van der Waals surface area contributed by atoms with Crippen LogP contribution in [0.25, 0.3) is 22.7 Å². The molecule has 4 aromatic rings. The second-order valence-electron chi connectivity index (χ2n) is 8.55. The average Bonchev–Trinajstić information content (AvgIpc) is 3.26. The Morgan fingerprint density at radius 3 is 2.50 bits per heavy atom. The van der Waals surface area contributed by atoms with Crippen molar-refractivity contribution in [3.8, 4) is 17.6 Å². The first-order valence-electron chi connectivity index (χ1n) is 11.7. The fraction of sp³-hybridized carbons (Fsp3) is 0.207. The van der Waals surface area contributed by atoms with Crippen molar-refractivity contribution in [3.63, 3.8) is 0 Å². The van der Waals surface area contributed by atoms with E-state index in [0.29, 0.717) is 35.2 Å². The highest BCUT2D eigenvalue weighted by atomic mass is 16.5. The van der Waals surface area contributed by atoms with Crippen LogP contribution >= 0.6 is 0 Å². The van der Waals surface area contributed by atoms with Gasteiger partial charge < -0.3 is 19.8 Å². The third kappa shape index (κ3) is 5.73. The Morgan fingerprint density at radius 2 is 1.78 bits per heavy atom. The number of anilines is 1. The second-order valence-corrected chi connectivity index (χ2v) is 8.55. The number of aromatic amines is 1. The van der Waals surface area contributed by atoms with Gasteiger partial charge in [-0.2, -0.15) is 5.26 Å². The highest BCUT2D eigenvalue weighted by Gasteiger charge is 2.12.